The van der Waals surface area contributed by atoms with Gasteiger partial charge in [-0.25, -0.2) is 0 Å². The summed E-state index contributed by atoms with van der Waals surface area (Å²) in [6.07, 6.45) is 0.107. The van der Waals surface area contributed by atoms with Gasteiger partial charge < -0.3 is 15.2 Å². The Morgan fingerprint density at radius 1 is 1.30 bits per heavy atom. The standard InChI is InChI=1S/C16H16N2O5/c1-3-15(19)23-16-11(5-4-6-13(16)18(20)21)10-7-8-14(22-2)12(17)9-10/h4-9H,3,17H2,1-2H3. The second-order valence-electron chi connectivity index (χ2n) is 4.70. The van der Waals surface area contributed by atoms with Crippen molar-refractivity contribution in [3.8, 4) is 22.6 Å². The molecule has 23 heavy (non-hydrogen) atoms. The lowest BCUT2D eigenvalue weighted by molar-refractivity contribution is -0.385. The van der Waals surface area contributed by atoms with E-state index in [1.165, 1.54) is 19.2 Å². The van der Waals surface area contributed by atoms with E-state index in [9.17, 15) is 14.9 Å². The van der Waals surface area contributed by atoms with Gasteiger partial charge in [-0.15, -0.1) is 0 Å². The van der Waals surface area contributed by atoms with Crippen molar-refractivity contribution < 1.29 is 19.2 Å². The third-order valence-corrected chi connectivity index (χ3v) is 3.24. The van der Waals surface area contributed by atoms with E-state index >= 15 is 0 Å². The highest BCUT2D eigenvalue weighted by atomic mass is 16.6. The summed E-state index contributed by atoms with van der Waals surface area (Å²) in [5, 5.41) is 11.2. The molecule has 0 unspecified atom stereocenters. The SMILES string of the molecule is CCC(=O)Oc1c(-c2ccc(OC)c(N)c2)cccc1[N+](=O)[O-]. The van der Waals surface area contributed by atoms with Gasteiger partial charge in [-0.05, 0) is 17.7 Å². The summed E-state index contributed by atoms with van der Waals surface area (Å²) in [7, 11) is 1.49. The van der Waals surface area contributed by atoms with Crippen molar-refractivity contribution in [1.82, 2.24) is 0 Å². The average Bonchev–Trinajstić information content (AvgIpc) is 2.54. The van der Waals surface area contributed by atoms with E-state index in [0.29, 0.717) is 22.6 Å². The van der Waals surface area contributed by atoms with Gasteiger partial charge in [-0.2, -0.15) is 0 Å². The Morgan fingerprint density at radius 3 is 2.61 bits per heavy atom. The fourth-order valence-electron chi connectivity index (χ4n) is 2.09. The van der Waals surface area contributed by atoms with Crippen molar-refractivity contribution in [3.05, 3.63) is 46.5 Å². The number of para-hydroxylation sites is 1. The van der Waals surface area contributed by atoms with Crippen molar-refractivity contribution >= 4 is 17.3 Å². The Bertz CT molecular complexity index is 758. The molecule has 7 heteroatoms. The minimum atomic E-state index is -0.589. The van der Waals surface area contributed by atoms with E-state index in [4.69, 9.17) is 15.2 Å². The number of hydrogen-bond acceptors (Lipinski definition) is 6. The average molecular weight is 316 g/mol. The lowest BCUT2D eigenvalue weighted by Crippen LogP contribution is -2.08. The number of methoxy groups -OCH3 is 1. The Hall–Kier alpha value is -3.09. The van der Waals surface area contributed by atoms with Crippen LogP contribution in [0.2, 0.25) is 0 Å². The zero-order chi connectivity index (χ0) is 17.0. The van der Waals surface area contributed by atoms with Crippen LogP contribution in [-0.4, -0.2) is 18.0 Å². The van der Waals surface area contributed by atoms with E-state index < -0.39 is 10.9 Å². The van der Waals surface area contributed by atoms with Gasteiger partial charge in [-0.1, -0.05) is 25.1 Å². The van der Waals surface area contributed by atoms with Crippen molar-refractivity contribution in [3.63, 3.8) is 0 Å². The molecule has 0 aliphatic carbocycles. The highest BCUT2D eigenvalue weighted by molar-refractivity contribution is 5.83. The summed E-state index contributed by atoms with van der Waals surface area (Å²) in [4.78, 5) is 22.2. The van der Waals surface area contributed by atoms with E-state index in [0.717, 1.165) is 0 Å². The smallest absolute Gasteiger partial charge is 0.312 e. The topological polar surface area (TPSA) is 105 Å². The Kier molecular flexibility index (Phi) is 4.80. The number of esters is 1. The summed E-state index contributed by atoms with van der Waals surface area (Å²) in [5.74, 6) is -0.151. The molecule has 0 aliphatic heterocycles. The van der Waals surface area contributed by atoms with Crippen LogP contribution in [0.5, 0.6) is 11.5 Å². The zero-order valence-corrected chi connectivity index (χ0v) is 12.7. The lowest BCUT2D eigenvalue weighted by atomic mass is 10.0. The predicted molar refractivity (Wildman–Crippen MR) is 85.4 cm³/mol. The van der Waals surface area contributed by atoms with Gasteiger partial charge in [0.1, 0.15) is 5.75 Å². The van der Waals surface area contributed by atoms with Gasteiger partial charge in [-0.3, -0.25) is 14.9 Å². The summed E-state index contributed by atoms with van der Waals surface area (Å²) in [5.41, 5.74) is 6.98. The third kappa shape index (κ3) is 3.39. The maximum absolute atomic E-state index is 11.6. The molecule has 2 aromatic carbocycles. The molecule has 0 bridgehead atoms. The van der Waals surface area contributed by atoms with Crippen molar-refractivity contribution in [1.29, 1.82) is 0 Å². The first kappa shape index (κ1) is 16.3. The molecule has 0 heterocycles. The summed E-state index contributed by atoms with van der Waals surface area (Å²) < 4.78 is 10.3. The number of nitro benzene ring substituents is 1. The highest BCUT2D eigenvalue weighted by Crippen LogP contribution is 2.39. The number of carbonyl (C=O) groups excluding carboxylic acids is 1. The largest absolute Gasteiger partial charge is 0.495 e. The minimum absolute atomic E-state index is 0.0890. The van der Waals surface area contributed by atoms with Crippen LogP contribution in [0.1, 0.15) is 13.3 Å². The van der Waals surface area contributed by atoms with Gasteiger partial charge in [0.15, 0.2) is 0 Å². The first-order valence-electron chi connectivity index (χ1n) is 6.89. The number of benzene rings is 2. The van der Waals surface area contributed by atoms with Gasteiger partial charge in [0.2, 0.25) is 5.75 Å². The number of rotatable bonds is 5. The molecule has 2 aromatic rings. The number of ether oxygens (including phenoxy) is 2. The normalized spacial score (nSPS) is 10.2. The second-order valence-corrected chi connectivity index (χ2v) is 4.70. The fourth-order valence-corrected chi connectivity index (χ4v) is 2.09. The molecule has 2 rings (SSSR count). The van der Waals surface area contributed by atoms with Gasteiger partial charge in [0, 0.05) is 18.1 Å². The number of hydrogen-bond donors (Lipinski definition) is 1. The molecule has 0 fully saturated rings. The molecule has 0 spiro atoms. The number of nitrogen functional groups attached to an aromatic ring is 1. The van der Waals surface area contributed by atoms with Crippen LogP contribution in [0.4, 0.5) is 11.4 Å². The molecule has 0 radical (unpaired) electrons. The number of nitrogens with two attached hydrogens (primary N) is 1. The van der Waals surface area contributed by atoms with Crippen LogP contribution in [0.25, 0.3) is 11.1 Å². The van der Waals surface area contributed by atoms with E-state index in [2.05, 4.69) is 0 Å². The minimum Gasteiger partial charge on any atom is -0.495 e. The zero-order valence-electron chi connectivity index (χ0n) is 12.7. The quantitative estimate of drug-likeness (QED) is 0.299. The molecule has 120 valence electrons. The van der Waals surface area contributed by atoms with E-state index in [1.54, 1.807) is 31.2 Å². The molecular weight excluding hydrogens is 300 g/mol. The maximum Gasteiger partial charge on any atom is 0.312 e. The fraction of sp³-hybridized carbons (Fsp3) is 0.188. The van der Waals surface area contributed by atoms with Crippen LogP contribution < -0.4 is 15.2 Å². The number of nitro groups is 1. The molecule has 2 N–H and O–H groups in total. The molecule has 7 nitrogen and oxygen atoms in total. The van der Waals surface area contributed by atoms with Crippen molar-refractivity contribution in [2.75, 3.05) is 12.8 Å². The van der Waals surface area contributed by atoms with Gasteiger partial charge in [0.05, 0.1) is 17.7 Å². The Balaban J connectivity index is 2.61. The Morgan fingerprint density at radius 2 is 2.04 bits per heavy atom. The monoisotopic (exact) mass is 316 g/mol. The van der Waals surface area contributed by atoms with Gasteiger partial charge >= 0.3 is 11.7 Å². The second kappa shape index (κ2) is 6.78. The number of carbonyl (C=O) groups is 1. The first-order valence-corrected chi connectivity index (χ1v) is 6.89. The summed E-state index contributed by atoms with van der Waals surface area (Å²) in [6, 6.07) is 9.39. The third-order valence-electron chi connectivity index (χ3n) is 3.24. The van der Waals surface area contributed by atoms with Crippen molar-refractivity contribution in [2.45, 2.75) is 13.3 Å². The molecule has 0 saturated carbocycles. The first-order chi connectivity index (χ1) is 11.0. The summed E-state index contributed by atoms with van der Waals surface area (Å²) >= 11 is 0. The highest BCUT2D eigenvalue weighted by Gasteiger charge is 2.22. The van der Waals surface area contributed by atoms with Crippen LogP contribution >= 0.6 is 0 Å². The molecule has 0 aliphatic rings. The lowest BCUT2D eigenvalue weighted by Gasteiger charge is -2.12. The molecular formula is C16H16N2O5. The van der Waals surface area contributed by atoms with Crippen LogP contribution in [0, 0.1) is 10.1 Å². The Labute approximate surface area is 132 Å². The van der Waals surface area contributed by atoms with Crippen molar-refractivity contribution in [2.24, 2.45) is 0 Å². The van der Waals surface area contributed by atoms with E-state index in [-0.39, 0.29) is 17.9 Å². The number of nitrogens with zero attached hydrogens (tertiary/aromatic N) is 1. The summed E-state index contributed by atoms with van der Waals surface area (Å²) in [6.45, 7) is 1.61. The number of anilines is 1. The molecule has 0 atom stereocenters. The van der Waals surface area contributed by atoms with Crippen LogP contribution in [0.15, 0.2) is 36.4 Å². The van der Waals surface area contributed by atoms with Crippen LogP contribution in [0.3, 0.4) is 0 Å². The molecule has 0 amide bonds. The van der Waals surface area contributed by atoms with E-state index in [1.807, 2.05) is 0 Å². The van der Waals surface area contributed by atoms with Gasteiger partial charge in [0.25, 0.3) is 0 Å². The predicted octanol–water partition coefficient (Wildman–Crippen LogP) is 3.17. The maximum atomic E-state index is 11.6. The van der Waals surface area contributed by atoms with Crippen LogP contribution in [-0.2, 0) is 4.79 Å². The molecule has 0 aromatic heterocycles. The molecule has 0 saturated heterocycles.